The standard InChI is InChI=1S/C47H33N5/c1-48-52-42-25-11-9-23-38(42)46-44(52)27-26-43-45(46)37-22-8-10-24-41(37)51(43)36-21-13-20-35(29-36)47-49-39(32-16-6-3-7-17-32)30-40(50-47)34-19-12-18-33(28-34)31-14-4-2-5-15-31/h2-30,48H,1H3. The fourth-order valence-electron chi connectivity index (χ4n) is 7.79. The van der Waals surface area contributed by atoms with Gasteiger partial charge in [-0.05, 0) is 59.7 Å². The Morgan fingerprint density at radius 3 is 1.73 bits per heavy atom. The summed E-state index contributed by atoms with van der Waals surface area (Å²) in [5.74, 6) is 0.684. The average molecular weight is 668 g/mol. The van der Waals surface area contributed by atoms with Gasteiger partial charge in [-0.1, -0.05) is 127 Å². The lowest BCUT2D eigenvalue weighted by molar-refractivity contribution is 1.02. The summed E-state index contributed by atoms with van der Waals surface area (Å²) in [4.78, 5) is 10.4. The van der Waals surface area contributed by atoms with Crippen LogP contribution in [0.5, 0.6) is 0 Å². The van der Waals surface area contributed by atoms with E-state index in [4.69, 9.17) is 9.97 Å². The van der Waals surface area contributed by atoms with E-state index < -0.39 is 0 Å². The van der Waals surface area contributed by atoms with Crippen molar-refractivity contribution < 1.29 is 0 Å². The second-order valence-electron chi connectivity index (χ2n) is 13.1. The number of nitrogens with zero attached hydrogens (tertiary/aromatic N) is 4. The summed E-state index contributed by atoms with van der Waals surface area (Å²) in [7, 11) is 1.98. The number of para-hydroxylation sites is 2. The molecule has 0 aliphatic carbocycles. The highest BCUT2D eigenvalue weighted by atomic mass is 15.4. The Morgan fingerprint density at radius 2 is 0.962 bits per heavy atom. The van der Waals surface area contributed by atoms with Gasteiger partial charge in [-0.3, -0.25) is 4.68 Å². The Bertz CT molecular complexity index is 2940. The highest BCUT2D eigenvalue weighted by Gasteiger charge is 2.20. The van der Waals surface area contributed by atoms with Crippen molar-refractivity contribution in [2.75, 3.05) is 12.5 Å². The van der Waals surface area contributed by atoms with Crippen molar-refractivity contribution in [3.05, 3.63) is 176 Å². The second kappa shape index (κ2) is 12.1. The number of hydrogen-bond acceptors (Lipinski definition) is 3. The fraction of sp³-hybridized carbons (Fsp3) is 0.0213. The molecule has 10 rings (SSSR count). The minimum atomic E-state index is 0.684. The van der Waals surface area contributed by atoms with Crippen LogP contribution in [0, 0.1) is 0 Å². The first-order chi connectivity index (χ1) is 25.7. The largest absolute Gasteiger partial charge is 0.328 e. The number of hydrogen-bond donors (Lipinski definition) is 1. The Balaban J connectivity index is 1.18. The molecule has 3 heterocycles. The predicted octanol–water partition coefficient (Wildman–Crippen LogP) is 11.5. The zero-order valence-corrected chi connectivity index (χ0v) is 28.5. The molecule has 52 heavy (non-hydrogen) atoms. The summed E-state index contributed by atoms with van der Waals surface area (Å²) in [6.07, 6.45) is 0. The molecule has 0 spiro atoms. The Kier molecular flexibility index (Phi) is 6.96. The van der Waals surface area contributed by atoms with Gasteiger partial charge in [0.2, 0.25) is 0 Å². The molecule has 3 aromatic heterocycles. The lowest BCUT2D eigenvalue weighted by Gasteiger charge is -2.13. The number of rotatable bonds is 6. The molecule has 246 valence electrons. The van der Waals surface area contributed by atoms with Crippen molar-refractivity contribution in [2.45, 2.75) is 0 Å². The third kappa shape index (κ3) is 4.78. The van der Waals surface area contributed by atoms with Crippen LogP contribution in [0.25, 0.3) is 94.3 Å². The average Bonchev–Trinajstić information content (AvgIpc) is 3.74. The molecule has 5 heteroatoms. The van der Waals surface area contributed by atoms with Crippen LogP contribution in [-0.4, -0.2) is 26.3 Å². The third-order valence-corrected chi connectivity index (χ3v) is 10.1. The molecule has 0 radical (unpaired) electrons. The molecule has 10 aromatic rings. The van der Waals surface area contributed by atoms with Gasteiger partial charge in [0, 0.05) is 51.0 Å². The van der Waals surface area contributed by atoms with Gasteiger partial charge in [0.05, 0.1) is 33.5 Å². The van der Waals surface area contributed by atoms with E-state index in [-0.39, 0.29) is 0 Å². The van der Waals surface area contributed by atoms with Crippen molar-refractivity contribution in [2.24, 2.45) is 0 Å². The normalized spacial score (nSPS) is 11.6. The van der Waals surface area contributed by atoms with Gasteiger partial charge >= 0.3 is 0 Å². The van der Waals surface area contributed by atoms with Crippen LogP contribution < -0.4 is 5.43 Å². The monoisotopic (exact) mass is 667 g/mol. The topological polar surface area (TPSA) is 47.7 Å². The van der Waals surface area contributed by atoms with E-state index in [9.17, 15) is 0 Å². The molecule has 0 unspecified atom stereocenters. The quantitative estimate of drug-likeness (QED) is 0.192. The smallest absolute Gasteiger partial charge is 0.160 e. The Hall–Kier alpha value is -6.98. The molecule has 0 saturated carbocycles. The summed E-state index contributed by atoms with van der Waals surface area (Å²) in [5.41, 5.74) is 16.2. The summed E-state index contributed by atoms with van der Waals surface area (Å²) >= 11 is 0. The van der Waals surface area contributed by atoms with Gasteiger partial charge in [-0.15, -0.1) is 0 Å². The third-order valence-electron chi connectivity index (χ3n) is 10.1. The number of benzene rings is 7. The molecule has 5 nitrogen and oxygen atoms in total. The Labute approximate surface area is 301 Å². The molecule has 0 aliphatic rings. The van der Waals surface area contributed by atoms with Crippen LogP contribution in [0.1, 0.15) is 0 Å². The zero-order valence-electron chi connectivity index (χ0n) is 28.5. The molecule has 0 saturated heterocycles. The summed E-state index contributed by atoms with van der Waals surface area (Å²) in [6, 6.07) is 62.0. The molecule has 0 atom stereocenters. The minimum absolute atomic E-state index is 0.684. The lowest BCUT2D eigenvalue weighted by atomic mass is 10.0. The molecule has 0 fully saturated rings. The van der Waals surface area contributed by atoms with Crippen LogP contribution in [0.3, 0.4) is 0 Å². The van der Waals surface area contributed by atoms with E-state index in [0.29, 0.717) is 5.82 Å². The van der Waals surface area contributed by atoms with Crippen LogP contribution in [0.2, 0.25) is 0 Å². The molecule has 0 aliphatic heterocycles. The lowest BCUT2D eigenvalue weighted by Crippen LogP contribution is -2.07. The van der Waals surface area contributed by atoms with Crippen LogP contribution in [0.4, 0.5) is 0 Å². The van der Waals surface area contributed by atoms with Gasteiger partial charge < -0.3 is 9.99 Å². The molecule has 0 bridgehead atoms. The van der Waals surface area contributed by atoms with Crippen molar-refractivity contribution in [1.29, 1.82) is 0 Å². The van der Waals surface area contributed by atoms with Crippen molar-refractivity contribution in [1.82, 2.24) is 19.2 Å². The number of aromatic nitrogens is 4. The predicted molar refractivity (Wildman–Crippen MR) is 216 cm³/mol. The van der Waals surface area contributed by atoms with Crippen molar-refractivity contribution in [3.63, 3.8) is 0 Å². The first kappa shape index (κ1) is 29.9. The van der Waals surface area contributed by atoms with E-state index in [1.165, 1.54) is 27.1 Å². The zero-order chi connectivity index (χ0) is 34.6. The summed E-state index contributed by atoms with van der Waals surface area (Å²) < 4.78 is 4.56. The van der Waals surface area contributed by atoms with Crippen molar-refractivity contribution in [3.8, 4) is 50.7 Å². The molecular formula is C47H33N5. The first-order valence-electron chi connectivity index (χ1n) is 17.6. The first-order valence-corrected chi connectivity index (χ1v) is 17.6. The highest BCUT2D eigenvalue weighted by molar-refractivity contribution is 6.28. The fourth-order valence-corrected chi connectivity index (χ4v) is 7.79. The molecule has 7 aromatic carbocycles. The van der Waals surface area contributed by atoms with Crippen molar-refractivity contribution >= 4 is 43.6 Å². The van der Waals surface area contributed by atoms with Gasteiger partial charge in [0.15, 0.2) is 5.82 Å². The van der Waals surface area contributed by atoms with E-state index in [1.807, 2.05) is 19.2 Å². The maximum absolute atomic E-state index is 5.24. The maximum atomic E-state index is 5.24. The minimum Gasteiger partial charge on any atom is -0.328 e. The van der Waals surface area contributed by atoms with Gasteiger partial charge in [0.1, 0.15) is 0 Å². The van der Waals surface area contributed by atoms with Gasteiger partial charge in [0.25, 0.3) is 0 Å². The van der Waals surface area contributed by atoms with Gasteiger partial charge in [-0.25, -0.2) is 9.97 Å². The molecule has 0 amide bonds. The van der Waals surface area contributed by atoms with E-state index in [1.54, 1.807) is 0 Å². The molecular weight excluding hydrogens is 635 g/mol. The maximum Gasteiger partial charge on any atom is 0.160 e. The van der Waals surface area contributed by atoms with Gasteiger partial charge in [-0.2, -0.15) is 0 Å². The summed E-state index contributed by atoms with van der Waals surface area (Å²) in [5, 5.41) is 4.93. The summed E-state index contributed by atoms with van der Waals surface area (Å²) in [6.45, 7) is 0. The van der Waals surface area contributed by atoms with Crippen LogP contribution in [-0.2, 0) is 0 Å². The van der Waals surface area contributed by atoms with E-state index >= 15 is 0 Å². The number of fused-ring (bicyclic) bond motifs is 7. The van der Waals surface area contributed by atoms with E-state index in [2.05, 4.69) is 178 Å². The second-order valence-corrected chi connectivity index (χ2v) is 13.1. The molecule has 1 N–H and O–H groups in total. The van der Waals surface area contributed by atoms with Crippen LogP contribution >= 0.6 is 0 Å². The highest BCUT2D eigenvalue weighted by Crippen LogP contribution is 2.41. The van der Waals surface area contributed by atoms with Crippen LogP contribution in [0.15, 0.2) is 176 Å². The van der Waals surface area contributed by atoms with E-state index in [0.717, 1.165) is 61.4 Å². The Morgan fingerprint density at radius 1 is 0.404 bits per heavy atom. The number of nitrogens with one attached hydrogen (secondary N) is 1. The SMILES string of the molecule is CNn1c2ccccc2c2c3c4ccccc4n(-c4cccc(-c5nc(-c6ccccc6)cc(-c6cccc(-c7ccccc7)c6)n5)c4)c3ccc21.